The number of halogens is 3. The van der Waals surface area contributed by atoms with E-state index < -0.39 is 11.9 Å². The summed E-state index contributed by atoms with van der Waals surface area (Å²) < 4.78 is 44.5. The lowest BCUT2D eigenvalue weighted by molar-refractivity contribution is -0.141. The van der Waals surface area contributed by atoms with E-state index in [0.717, 1.165) is 57.1 Å². The van der Waals surface area contributed by atoms with Crippen LogP contribution in [0, 0.1) is 0 Å². The summed E-state index contributed by atoms with van der Waals surface area (Å²) in [5.74, 6) is 0.667. The molecular formula is C26H33F3N4O. The molecule has 1 atom stereocenters. The van der Waals surface area contributed by atoms with Crippen LogP contribution in [0.4, 0.5) is 13.2 Å². The third kappa shape index (κ3) is 4.98. The van der Waals surface area contributed by atoms with Gasteiger partial charge in [0.2, 0.25) is 0 Å². The lowest BCUT2D eigenvalue weighted by atomic mass is 9.67. The molecule has 0 amide bonds. The van der Waals surface area contributed by atoms with Crippen LogP contribution in [0.25, 0.3) is 0 Å². The molecule has 1 saturated heterocycles. The third-order valence-electron chi connectivity index (χ3n) is 8.15. The third-order valence-corrected chi connectivity index (χ3v) is 8.15. The smallest absolute Gasteiger partial charge is 0.375 e. The maximum absolute atomic E-state index is 12.7. The number of nitrogens with one attached hydrogen (secondary N) is 1. The lowest BCUT2D eigenvalue weighted by Crippen LogP contribution is -2.47. The monoisotopic (exact) mass is 474 g/mol. The van der Waals surface area contributed by atoms with Gasteiger partial charge in [-0.2, -0.15) is 13.2 Å². The molecular weight excluding hydrogens is 441 g/mol. The standard InChI is InChI=1S/C26H33F3N4O/c27-26(28,29)23-17-31-21(16-33-23)15-30-12-10-24(11-13-34-25(18-24)8-1-2-9-25)22-7-6-20(14-32-22)19-4-3-5-19/h6-7,14,16-17,19,30H,1-5,8-13,15,18H2/t24-/m0/s1. The molecule has 3 heterocycles. The molecule has 34 heavy (non-hydrogen) atoms. The number of alkyl halides is 3. The van der Waals surface area contributed by atoms with Gasteiger partial charge in [-0.15, -0.1) is 0 Å². The molecule has 2 saturated carbocycles. The molecule has 184 valence electrons. The molecule has 0 aromatic carbocycles. The van der Waals surface area contributed by atoms with Gasteiger partial charge in [0.05, 0.1) is 23.7 Å². The van der Waals surface area contributed by atoms with E-state index in [4.69, 9.17) is 9.72 Å². The van der Waals surface area contributed by atoms with Gasteiger partial charge in [0.1, 0.15) is 0 Å². The van der Waals surface area contributed by atoms with Crippen molar-refractivity contribution in [1.82, 2.24) is 20.3 Å². The number of aromatic nitrogens is 3. The van der Waals surface area contributed by atoms with Crippen molar-refractivity contribution in [2.75, 3.05) is 13.2 Å². The Hall–Kier alpha value is -2.06. The Kier molecular flexibility index (Phi) is 6.64. The molecule has 5 nitrogen and oxygen atoms in total. The Balaban J connectivity index is 1.27. The number of ether oxygens (including phenoxy) is 1. The molecule has 3 aliphatic rings. The van der Waals surface area contributed by atoms with Crippen molar-refractivity contribution in [3.8, 4) is 0 Å². The van der Waals surface area contributed by atoms with Crippen molar-refractivity contribution in [2.45, 2.75) is 93.9 Å². The Morgan fingerprint density at radius 3 is 2.41 bits per heavy atom. The average molecular weight is 475 g/mol. The number of pyridine rings is 1. The number of hydrogen-bond acceptors (Lipinski definition) is 5. The van der Waals surface area contributed by atoms with E-state index in [2.05, 4.69) is 33.6 Å². The number of nitrogens with zero attached hydrogens (tertiary/aromatic N) is 3. The highest BCUT2D eigenvalue weighted by molar-refractivity contribution is 5.26. The predicted octanol–water partition coefficient (Wildman–Crippen LogP) is 5.70. The predicted molar refractivity (Wildman–Crippen MR) is 122 cm³/mol. The van der Waals surface area contributed by atoms with Crippen molar-refractivity contribution >= 4 is 0 Å². The van der Waals surface area contributed by atoms with E-state index in [1.165, 1.54) is 43.9 Å². The zero-order chi connectivity index (χ0) is 23.7. The molecule has 1 aliphatic heterocycles. The van der Waals surface area contributed by atoms with E-state index in [1.807, 2.05) is 0 Å². The Morgan fingerprint density at radius 2 is 1.79 bits per heavy atom. The second-order valence-corrected chi connectivity index (χ2v) is 10.4. The van der Waals surface area contributed by atoms with E-state index in [1.54, 1.807) is 0 Å². The minimum atomic E-state index is -4.47. The summed E-state index contributed by atoms with van der Waals surface area (Å²) in [7, 11) is 0. The lowest BCUT2D eigenvalue weighted by Gasteiger charge is -2.46. The van der Waals surface area contributed by atoms with E-state index in [9.17, 15) is 13.2 Å². The van der Waals surface area contributed by atoms with Gasteiger partial charge in [0.15, 0.2) is 5.69 Å². The van der Waals surface area contributed by atoms with Gasteiger partial charge < -0.3 is 10.1 Å². The Labute approximate surface area is 198 Å². The molecule has 3 fully saturated rings. The normalized spacial score (nSPS) is 24.9. The first-order valence-corrected chi connectivity index (χ1v) is 12.6. The van der Waals surface area contributed by atoms with Gasteiger partial charge in [0, 0.05) is 30.5 Å². The summed E-state index contributed by atoms with van der Waals surface area (Å²) in [6, 6.07) is 4.51. The topological polar surface area (TPSA) is 59.9 Å². The first-order valence-electron chi connectivity index (χ1n) is 12.6. The zero-order valence-corrected chi connectivity index (χ0v) is 19.5. The maximum atomic E-state index is 12.7. The Bertz CT molecular complexity index is 954. The van der Waals surface area contributed by atoms with Crippen molar-refractivity contribution < 1.29 is 17.9 Å². The SMILES string of the molecule is FC(F)(F)c1cnc(CNCC[C@]2(c3ccc(C4CCC4)cn3)CCOC3(CCCC3)C2)cn1. The average Bonchev–Trinajstić information content (AvgIpc) is 3.23. The molecule has 1 spiro atoms. The summed E-state index contributed by atoms with van der Waals surface area (Å²) in [6.45, 7) is 1.86. The van der Waals surface area contributed by atoms with Crippen LogP contribution in [0.5, 0.6) is 0 Å². The molecule has 0 unspecified atom stereocenters. The van der Waals surface area contributed by atoms with Crippen LogP contribution in [0.2, 0.25) is 0 Å². The first kappa shape index (κ1) is 23.7. The van der Waals surface area contributed by atoms with E-state index in [-0.39, 0.29) is 11.0 Å². The molecule has 0 radical (unpaired) electrons. The summed E-state index contributed by atoms with van der Waals surface area (Å²) in [5.41, 5.74) is 1.96. The molecule has 2 aliphatic carbocycles. The summed E-state index contributed by atoms with van der Waals surface area (Å²) in [5, 5.41) is 3.38. The summed E-state index contributed by atoms with van der Waals surface area (Å²) in [4.78, 5) is 12.4. The fraction of sp³-hybridized carbons (Fsp3) is 0.654. The number of hydrogen-bond donors (Lipinski definition) is 1. The molecule has 1 N–H and O–H groups in total. The highest BCUT2D eigenvalue weighted by Gasteiger charge is 2.48. The molecule has 5 rings (SSSR count). The van der Waals surface area contributed by atoms with Crippen LogP contribution in [-0.2, 0) is 22.9 Å². The highest BCUT2D eigenvalue weighted by Crippen LogP contribution is 2.50. The van der Waals surface area contributed by atoms with Gasteiger partial charge >= 0.3 is 6.18 Å². The molecule has 8 heteroatoms. The number of rotatable bonds is 7. The second kappa shape index (κ2) is 9.53. The fourth-order valence-corrected chi connectivity index (χ4v) is 5.96. The molecule has 2 aromatic heterocycles. The Morgan fingerprint density at radius 1 is 0.971 bits per heavy atom. The van der Waals surface area contributed by atoms with Crippen LogP contribution in [-0.4, -0.2) is 33.7 Å². The minimum absolute atomic E-state index is 0.0362. The van der Waals surface area contributed by atoms with Crippen LogP contribution in [0.3, 0.4) is 0 Å². The quantitative estimate of drug-likeness (QED) is 0.522. The van der Waals surface area contributed by atoms with Crippen LogP contribution in [0.15, 0.2) is 30.7 Å². The van der Waals surface area contributed by atoms with Crippen LogP contribution < -0.4 is 5.32 Å². The van der Waals surface area contributed by atoms with Crippen molar-refractivity contribution in [1.29, 1.82) is 0 Å². The van der Waals surface area contributed by atoms with Gasteiger partial charge in [0.25, 0.3) is 0 Å². The van der Waals surface area contributed by atoms with Gasteiger partial charge in [-0.1, -0.05) is 25.3 Å². The zero-order valence-electron chi connectivity index (χ0n) is 19.5. The summed E-state index contributed by atoms with van der Waals surface area (Å²) in [6.07, 6.45) is 10.9. The van der Waals surface area contributed by atoms with Crippen molar-refractivity contribution in [3.05, 3.63) is 53.4 Å². The maximum Gasteiger partial charge on any atom is 0.434 e. The van der Waals surface area contributed by atoms with Gasteiger partial charge in [-0.05, 0) is 69.0 Å². The minimum Gasteiger partial charge on any atom is -0.375 e. The van der Waals surface area contributed by atoms with Gasteiger partial charge in [-0.25, -0.2) is 4.98 Å². The van der Waals surface area contributed by atoms with Crippen LogP contribution >= 0.6 is 0 Å². The largest absolute Gasteiger partial charge is 0.434 e. The van der Waals surface area contributed by atoms with Crippen molar-refractivity contribution in [3.63, 3.8) is 0 Å². The summed E-state index contributed by atoms with van der Waals surface area (Å²) >= 11 is 0. The molecule has 0 bridgehead atoms. The van der Waals surface area contributed by atoms with E-state index >= 15 is 0 Å². The second-order valence-electron chi connectivity index (χ2n) is 10.4. The molecule has 2 aromatic rings. The van der Waals surface area contributed by atoms with E-state index in [0.29, 0.717) is 18.2 Å². The first-order chi connectivity index (χ1) is 16.4. The van der Waals surface area contributed by atoms with Crippen molar-refractivity contribution in [2.24, 2.45) is 0 Å². The fourth-order valence-electron chi connectivity index (χ4n) is 5.96. The van der Waals surface area contributed by atoms with Gasteiger partial charge in [-0.3, -0.25) is 9.97 Å². The highest BCUT2D eigenvalue weighted by atomic mass is 19.4. The van der Waals surface area contributed by atoms with Crippen LogP contribution in [0.1, 0.15) is 92.8 Å².